The second kappa shape index (κ2) is 5.53. The van der Waals surface area contributed by atoms with E-state index in [-0.39, 0.29) is 16.1 Å². The van der Waals surface area contributed by atoms with Crippen molar-refractivity contribution < 1.29 is 17.6 Å². The molecule has 0 fully saturated rings. The van der Waals surface area contributed by atoms with Gasteiger partial charge in [0.05, 0.1) is 16.1 Å². The number of aryl methyl sites for hydroxylation is 1. The standard InChI is InChI=1S/C14H13FN2O3S/c1-9-6-7-10(8-12(9)15)21(19,20)17-13-5-3-2-4-11(13)14(16)18/h2-8,17H,1H3,(H2,16,18). The minimum atomic E-state index is -4.01. The Labute approximate surface area is 121 Å². The topological polar surface area (TPSA) is 89.3 Å². The monoisotopic (exact) mass is 308 g/mol. The minimum Gasteiger partial charge on any atom is -0.366 e. The summed E-state index contributed by atoms with van der Waals surface area (Å²) in [4.78, 5) is 11.0. The van der Waals surface area contributed by atoms with Crippen LogP contribution < -0.4 is 10.5 Å². The summed E-state index contributed by atoms with van der Waals surface area (Å²) in [7, 11) is -4.01. The molecule has 110 valence electrons. The third kappa shape index (κ3) is 3.19. The molecule has 0 atom stereocenters. The number of amides is 1. The second-order valence-corrected chi connectivity index (χ2v) is 6.11. The third-order valence-electron chi connectivity index (χ3n) is 2.89. The lowest BCUT2D eigenvalue weighted by molar-refractivity contribution is 0.100. The third-order valence-corrected chi connectivity index (χ3v) is 4.25. The zero-order valence-electron chi connectivity index (χ0n) is 11.1. The lowest BCUT2D eigenvalue weighted by Crippen LogP contribution is -2.18. The average Bonchev–Trinajstić information content (AvgIpc) is 2.41. The maximum atomic E-state index is 13.5. The molecule has 0 saturated carbocycles. The molecule has 2 aromatic rings. The van der Waals surface area contributed by atoms with Gasteiger partial charge in [-0.3, -0.25) is 9.52 Å². The number of carbonyl (C=O) groups is 1. The fraction of sp³-hybridized carbons (Fsp3) is 0.0714. The molecule has 7 heteroatoms. The molecule has 2 aromatic carbocycles. The number of hydrogen-bond donors (Lipinski definition) is 2. The fourth-order valence-electron chi connectivity index (χ4n) is 1.73. The van der Waals surface area contributed by atoms with Crippen molar-refractivity contribution in [3.8, 4) is 0 Å². The van der Waals surface area contributed by atoms with E-state index in [4.69, 9.17) is 5.73 Å². The number of primary amides is 1. The van der Waals surface area contributed by atoms with Crippen LogP contribution in [0, 0.1) is 12.7 Å². The van der Waals surface area contributed by atoms with E-state index in [1.54, 1.807) is 12.1 Å². The van der Waals surface area contributed by atoms with E-state index in [1.807, 2.05) is 0 Å². The van der Waals surface area contributed by atoms with Gasteiger partial charge in [-0.15, -0.1) is 0 Å². The van der Waals surface area contributed by atoms with Crippen LogP contribution in [0.2, 0.25) is 0 Å². The van der Waals surface area contributed by atoms with Crippen LogP contribution in [0.3, 0.4) is 0 Å². The van der Waals surface area contributed by atoms with Crippen molar-refractivity contribution in [3.63, 3.8) is 0 Å². The average molecular weight is 308 g/mol. The van der Waals surface area contributed by atoms with Crippen LogP contribution in [-0.4, -0.2) is 14.3 Å². The number of nitrogens with one attached hydrogen (secondary N) is 1. The molecule has 0 unspecified atom stereocenters. The van der Waals surface area contributed by atoms with Crippen LogP contribution in [0.4, 0.5) is 10.1 Å². The number of nitrogens with two attached hydrogens (primary N) is 1. The van der Waals surface area contributed by atoms with Crippen molar-refractivity contribution in [2.75, 3.05) is 4.72 Å². The predicted molar refractivity (Wildman–Crippen MR) is 76.9 cm³/mol. The van der Waals surface area contributed by atoms with Gasteiger partial charge in [-0.25, -0.2) is 12.8 Å². The Morgan fingerprint density at radius 3 is 2.48 bits per heavy atom. The van der Waals surface area contributed by atoms with Gasteiger partial charge in [0.2, 0.25) is 0 Å². The van der Waals surface area contributed by atoms with Gasteiger partial charge in [0, 0.05) is 0 Å². The molecule has 0 heterocycles. The molecule has 0 aliphatic heterocycles. The Balaban J connectivity index is 2.42. The number of anilines is 1. The SMILES string of the molecule is Cc1ccc(S(=O)(=O)Nc2ccccc2C(N)=O)cc1F. The summed E-state index contributed by atoms with van der Waals surface area (Å²) in [6.45, 7) is 1.53. The largest absolute Gasteiger partial charge is 0.366 e. The summed E-state index contributed by atoms with van der Waals surface area (Å²) in [5.41, 5.74) is 5.60. The van der Waals surface area contributed by atoms with Crippen LogP contribution in [0.15, 0.2) is 47.4 Å². The maximum Gasteiger partial charge on any atom is 0.262 e. The number of rotatable bonds is 4. The Hall–Kier alpha value is -2.41. The first-order valence-electron chi connectivity index (χ1n) is 5.99. The van der Waals surface area contributed by atoms with Gasteiger partial charge in [0.25, 0.3) is 15.9 Å². The summed E-state index contributed by atoms with van der Waals surface area (Å²) < 4.78 is 40.1. The number of carbonyl (C=O) groups excluding carboxylic acids is 1. The van der Waals surface area contributed by atoms with E-state index in [0.29, 0.717) is 5.56 Å². The lowest BCUT2D eigenvalue weighted by Gasteiger charge is -2.11. The zero-order valence-corrected chi connectivity index (χ0v) is 11.9. The number of para-hydroxylation sites is 1. The molecule has 0 spiro atoms. The number of halogens is 1. The first-order chi connectivity index (χ1) is 9.81. The smallest absolute Gasteiger partial charge is 0.262 e. The molecule has 21 heavy (non-hydrogen) atoms. The van der Waals surface area contributed by atoms with Crippen molar-refractivity contribution in [1.82, 2.24) is 0 Å². The van der Waals surface area contributed by atoms with Crippen LogP contribution in [0.25, 0.3) is 0 Å². The highest BCUT2D eigenvalue weighted by atomic mass is 32.2. The number of sulfonamides is 1. The van der Waals surface area contributed by atoms with E-state index in [9.17, 15) is 17.6 Å². The molecule has 0 aromatic heterocycles. The van der Waals surface area contributed by atoms with E-state index in [2.05, 4.69) is 4.72 Å². The van der Waals surface area contributed by atoms with Crippen LogP contribution in [-0.2, 0) is 10.0 Å². The molecule has 0 radical (unpaired) electrons. The first-order valence-corrected chi connectivity index (χ1v) is 7.47. The van der Waals surface area contributed by atoms with Crippen LogP contribution in [0.5, 0.6) is 0 Å². The normalized spacial score (nSPS) is 11.1. The van der Waals surface area contributed by atoms with Gasteiger partial charge in [-0.2, -0.15) is 0 Å². The van der Waals surface area contributed by atoms with Crippen molar-refractivity contribution in [2.24, 2.45) is 5.73 Å². The number of hydrogen-bond acceptors (Lipinski definition) is 3. The Morgan fingerprint density at radius 1 is 1.19 bits per heavy atom. The Morgan fingerprint density at radius 2 is 1.86 bits per heavy atom. The van der Waals surface area contributed by atoms with E-state index in [1.165, 1.54) is 31.2 Å². The highest BCUT2D eigenvalue weighted by Gasteiger charge is 2.18. The van der Waals surface area contributed by atoms with E-state index in [0.717, 1.165) is 6.07 Å². The number of benzene rings is 2. The molecule has 1 amide bonds. The molecule has 3 N–H and O–H groups in total. The maximum absolute atomic E-state index is 13.5. The zero-order chi connectivity index (χ0) is 15.6. The van der Waals surface area contributed by atoms with Crippen molar-refractivity contribution in [2.45, 2.75) is 11.8 Å². The molecule has 2 rings (SSSR count). The second-order valence-electron chi connectivity index (χ2n) is 4.43. The van der Waals surface area contributed by atoms with Crippen molar-refractivity contribution in [1.29, 1.82) is 0 Å². The summed E-state index contributed by atoms with van der Waals surface area (Å²) in [5.74, 6) is -1.38. The predicted octanol–water partition coefficient (Wildman–Crippen LogP) is 2.03. The van der Waals surface area contributed by atoms with Gasteiger partial charge >= 0.3 is 0 Å². The van der Waals surface area contributed by atoms with Crippen LogP contribution >= 0.6 is 0 Å². The van der Waals surface area contributed by atoms with Crippen LogP contribution in [0.1, 0.15) is 15.9 Å². The quantitative estimate of drug-likeness (QED) is 0.905. The molecule has 0 aliphatic rings. The van der Waals surface area contributed by atoms with Gasteiger partial charge in [-0.05, 0) is 36.8 Å². The molecule has 0 bridgehead atoms. The van der Waals surface area contributed by atoms with Crippen molar-refractivity contribution >= 4 is 21.6 Å². The molecule has 0 saturated heterocycles. The molecule has 0 aliphatic carbocycles. The Bertz CT molecular complexity index is 804. The summed E-state index contributed by atoms with van der Waals surface area (Å²) >= 11 is 0. The van der Waals surface area contributed by atoms with E-state index >= 15 is 0 Å². The summed E-state index contributed by atoms with van der Waals surface area (Å²) in [5, 5.41) is 0. The fourth-order valence-corrected chi connectivity index (χ4v) is 2.82. The van der Waals surface area contributed by atoms with Gasteiger partial charge in [-0.1, -0.05) is 18.2 Å². The van der Waals surface area contributed by atoms with Gasteiger partial charge in [0.1, 0.15) is 5.82 Å². The minimum absolute atomic E-state index is 0.0358. The van der Waals surface area contributed by atoms with Crippen molar-refractivity contribution in [3.05, 3.63) is 59.4 Å². The van der Waals surface area contributed by atoms with Gasteiger partial charge < -0.3 is 5.73 Å². The molecular formula is C14H13FN2O3S. The Kier molecular flexibility index (Phi) is 3.95. The molecular weight excluding hydrogens is 295 g/mol. The first kappa shape index (κ1) is 15.0. The summed E-state index contributed by atoms with van der Waals surface area (Å²) in [6, 6.07) is 9.49. The summed E-state index contributed by atoms with van der Waals surface area (Å²) in [6.07, 6.45) is 0. The highest BCUT2D eigenvalue weighted by Crippen LogP contribution is 2.21. The van der Waals surface area contributed by atoms with Gasteiger partial charge in [0.15, 0.2) is 0 Å². The molecule has 5 nitrogen and oxygen atoms in total. The highest BCUT2D eigenvalue weighted by molar-refractivity contribution is 7.92. The van der Waals surface area contributed by atoms with E-state index < -0.39 is 21.7 Å². The lowest BCUT2D eigenvalue weighted by atomic mass is 10.2.